The average Bonchev–Trinajstić information content (AvgIpc) is 3.31. The molecule has 3 aromatic rings. The van der Waals surface area contributed by atoms with Crippen LogP contribution in [0.4, 0.5) is 5.95 Å². The molecule has 0 amide bonds. The largest absolute Gasteiger partial charge is 0.361 e. The van der Waals surface area contributed by atoms with Gasteiger partial charge in [0.1, 0.15) is 10.8 Å². The quantitative estimate of drug-likeness (QED) is 0.649. The van der Waals surface area contributed by atoms with E-state index in [1.54, 1.807) is 11.3 Å². The number of piperidine rings is 1. The molecule has 1 fully saturated rings. The number of likely N-dealkylation sites (tertiary alicyclic amines) is 1. The van der Waals surface area contributed by atoms with E-state index in [0.717, 1.165) is 66.7 Å². The fourth-order valence-electron chi connectivity index (χ4n) is 3.92. The number of hydrogen-bond donors (Lipinski definition) is 0. The Morgan fingerprint density at radius 1 is 1.29 bits per heavy atom. The van der Waals surface area contributed by atoms with Gasteiger partial charge in [0.05, 0.1) is 23.5 Å². The standard InChI is InChI=1S/C20H26N6OS/c1-13-18(14(2)27-24-13)16-10-22-20(25(3)4)23-19(16)15-6-5-8-26(11-15)12-17-21-7-9-28-17/h7,9-10,15H,5-6,8,11-12H2,1-4H3/t15-/m1/s1. The monoisotopic (exact) mass is 398 g/mol. The third-order valence-corrected chi connectivity index (χ3v) is 6.01. The molecule has 4 rings (SSSR count). The number of rotatable bonds is 5. The minimum absolute atomic E-state index is 0.346. The molecule has 28 heavy (non-hydrogen) atoms. The molecule has 0 N–H and O–H groups in total. The first kappa shape index (κ1) is 19.0. The first-order valence-electron chi connectivity index (χ1n) is 9.61. The van der Waals surface area contributed by atoms with Gasteiger partial charge in [-0.1, -0.05) is 5.16 Å². The molecule has 0 saturated carbocycles. The topological polar surface area (TPSA) is 71.2 Å². The Bertz CT molecular complexity index is 917. The maximum absolute atomic E-state index is 5.43. The molecular weight excluding hydrogens is 372 g/mol. The van der Waals surface area contributed by atoms with Crippen molar-refractivity contribution in [1.82, 2.24) is 25.0 Å². The summed E-state index contributed by atoms with van der Waals surface area (Å²) in [4.78, 5) is 18.4. The van der Waals surface area contributed by atoms with Gasteiger partial charge in [-0.25, -0.2) is 15.0 Å². The number of aryl methyl sites for hydroxylation is 2. The van der Waals surface area contributed by atoms with Gasteiger partial charge in [-0.05, 0) is 33.2 Å². The minimum atomic E-state index is 0.346. The fourth-order valence-corrected chi connectivity index (χ4v) is 4.57. The molecule has 8 heteroatoms. The zero-order chi connectivity index (χ0) is 19.7. The van der Waals surface area contributed by atoms with E-state index in [9.17, 15) is 0 Å². The Hall–Kier alpha value is -2.32. The highest BCUT2D eigenvalue weighted by atomic mass is 32.1. The van der Waals surface area contributed by atoms with Crippen LogP contribution in [0.25, 0.3) is 11.1 Å². The van der Waals surface area contributed by atoms with Crippen molar-refractivity contribution >= 4 is 17.3 Å². The van der Waals surface area contributed by atoms with E-state index in [1.165, 1.54) is 5.01 Å². The molecule has 0 radical (unpaired) electrons. The van der Waals surface area contributed by atoms with E-state index in [1.807, 2.05) is 50.6 Å². The van der Waals surface area contributed by atoms with Crippen LogP contribution in [0.5, 0.6) is 0 Å². The fraction of sp³-hybridized carbons (Fsp3) is 0.500. The maximum Gasteiger partial charge on any atom is 0.225 e. The van der Waals surface area contributed by atoms with Crippen LogP contribution in [-0.2, 0) is 6.54 Å². The van der Waals surface area contributed by atoms with Crippen molar-refractivity contribution in [1.29, 1.82) is 0 Å². The molecule has 4 heterocycles. The third-order valence-electron chi connectivity index (χ3n) is 5.24. The Kier molecular flexibility index (Phi) is 5.41. The van der Waals surface area contributed by atoms with E-state index < -0.39 is 0 Å². The molecule has 7 nitrogen and oxygen atoms in total. The molecule has 0 aliphatic carbocycles. The van der Waals surface area contributed by atoms with Gasteiger partial charge in [-0.3, -0.25) is 4.90 Å². The van der Waals surface area contributed by atoms with Crippen LogP contribution in [0.15, 0.2) is 22.3 Å². The Morgan fingerprint density at radius 3 is 2.82 bits per heavy atom. The highest BCUT2D eigenvalue weighted by Gasteiger charge is 2.28. The van der Waals surface area contributed by atoms with Crippen LogP contribution in [-0.4, -0.2) is 52.2 Å². The maximum atomic E-state index is 5.43. The Morgan fingerprint density at radius 2 is 2.14 bits per heavy atom. The molecule has 1 aliphatic heterocycles. The SMILES string of the molecule is Cc1noc(C)c1-c1cnc(N(C)C)nc1[C@@H]1CCCN(Cc2nccs2)C1. The second kappa shape index (κ2) is 7.97. The van der Waals surface area contributed by atoms with E-state index in [0.29, 0.717) is 5.92 Å². The predicted octanol–water partition coefficient (Wildman–Crippen LogP) is 3.65. The molecule has 148 valence electrons. The van der Waals surface area contributed by atoms with Crippen LogP contribution in [0.3, 0.4) is 0 Å². The number of anilines is 1. The van der Waals surface area contributed by atoms with Crippen LogP contribution < -0.4 is 4.90 Å². The lowest BCUT2D eigenvalue weighted by atomic mass is 9.89. The lowest BCUT2D eigenvalue weighted by Crippen LogP contribution is -2.34. The zero-order valence-electron chi connectivity index (χ0n) is 16.8. The normalized spacial score (nSPS) is 17.8. The van der Waals surface area contributed by atoms with E-state index in [2.05, 4.69) is 20.0 Å². The molecule has 0 bridgehead atoms. The van der Waals surface area contributed by atoms with Gasteiger partial charge in [0.2, 0.25) is 5.95 Å². The summed E-state index contributed by atoms with van der Waals surface area (Å²) in [6.45, 7) is 6.91. The summed E-state index contributed by atoms with van der Waals surface area (Å²) < 4.78 is 5.43. The van der Waals surface area contributed by atoms with Gasteiger partial charge >= 0.3 is 0 Å². The summed E-state index contributed by atoms with van der Waals surface area (Å²) in [5.74, 6) is 1.90. The molecule has 1 aliphatic rings. The predicted molar refractivity (Wildman–Crippen MR) is 111 cm³/mol. The van der Waals surface area contributed by atoms with Crippen LogP contribution >= 0.6 is 11.3 Å². The number of aromatic nitrogens is 4. The van der Waals surface area contributed by atoms with Crippen molar-refractivity contribution in [3.63, 3.8) is 0 Å². The Balaban J connectivity index is 1.69. The van der Waals surface area contributed by atoms with Crippen molar-refractivity contribution in [2.75, 3.05) is 32.1 Å². The molecular formula is C20H26N6OS. The second-order valence-corrected chi connectivity index (χ2v) is 8.54. The van der Waals surface area contributed by atoms with Crippen molar-refractivity contribution in [2.24, 2.45) is 0 Å². The average molecular weight is 399 g/mol. The van der Waals surface area contributed by atoms with Gasteiger partial charge in [-0.15, -0.1) is 11.3 Å². The molecule has 0 spiro atoms. The summed E-state index contributed by atoms with van der Waals surface area (Å²) in [7, 11) is 3.95. The summed E-state index contributed by atoms with van der Waals surface area (Å²) in [6, 6.07) is 0. The van der Waals surface area contributed by atoms with E-state index in [4.69, 9.17) is 9.51 Å². The molecule has 0 unspecified atom stereocenters. The van der Waals surface area contributed by atoms with Crippen molar-refractivity contribution in [3.8, 4) is 11.1 Å². The molecule has 3 aromatic heterocycles. The lowest BCUT2D eigenvalue weighted by molar-refractivity contribution is 0.198. The smallest absolute Gasteiger partial charge is 0.225 e. The Labute approximate surface area is 169 Å². The van der Waals surface area contributed by atoms with Crippen molar-refractivity contribution in [2.45, 2.75) is 39.2 Å². The summed E-state index contributed by atoms with van der Waals surface area (Å²) in [5.41, 5.74) is 4.05. The number of hydrogen-bond acceptors (Lipinski definition) is 8. The zero-order valence-corrected chi connectivity index (χ0v) is 17.7. The molecule has 1 saturated heterocycles. The van der Waals surface area contributed by atoms with E-state index >= 15 is 0 Å². The van der Waals surface area contributed by atoms with Gasteiger partial charge in [0.25, 0.3) is 0 Å². The minimum Gasteiger partial charge on any atom is -0.361 e. The van der Waals surface area contributed by atoms with Crippen molar-refractivity contribution in [3.05, 3.63) is 39.9 Å². The van der Waals surface area contributed by atoms with Crippen molar-refractivity contribution < 1.29 is 4.52 Å². The summed E-state index contributed by atoms with van der Waals surface area (Å²) in [5, 5.41) is 7.35. The number of nitrogens with zero attached hydrogens (tertiary/aromatic N) is 6. The third kappa shape index (κ3) is 3.79. The summed E-state index contributed by atoms with van der Waals surface area (Å²) in [6.07, 6.45) is 6.09. The van der Waals surface area contributed by atoms with E-state index in [-0.39, 0.29) is 0 Å². The van der Waals surface area contributed by atoms with Gasteiger partial charge in [0, 0.05) is 49.9 Å². The first-order valence-corrected chi connectivity index (χ1v) is 10.5. The first-order chi connectivity index (χ1) is 13.5. The van der Waals surface area contributed by atoms with Gasteiger partial charge < -0.3 is 9.42 Å². The summed E-state index contributed by atoms with van der Waals surface area (Å²) >= 11 is 1.72. The van der Waals surface area contributed by atoms with Gasteiger partial charge in [-0.2, -0.15) is 0 Å². The second-order valence-electron chi connectivity index (χ2n) is 7.56. The molecule has 0 aromatic carbocycles. The van der Waals surface area contributed by atoms with Crippen LogP contribution in [0, 0.1) is 13.8 Å². The number of thiazole rings is 1. The molecule has 1 atom stereocenters. The highest BCUT2D eigenvalue weighted by Crippen LogP contribution is 2.36. The highest BCUT2D eigenvalue weighted by molar-refractivity contribution is 7.09. The lowest BCUT2D eigenvalue weighted by Gasteiger charge is -2.33. The van der Waals surface area contributed by atoms with Gasteiger partial charge in [0.15, 0.2) is 0 Å². The van der Waals surface area contributed by atoms with Crippen LogP contribution in [0.1, 0.15) is 40.9 Å². The van der Waals surface area contributed by atoms with Crippen LogP contribution in [0.2, 0.25) is 0 Å².